The van der Waals surface area contributed by atoms with Gasteiger partial charge in [-0.05, 0) is 82.7 Å². The monoisotopic (exact) mass is 473 g/mol. The molecule has 0 radical (unpaired) electrons. The maximum atomic E-state index is 6.14. The standard InChI is InChI=1S/C24H37Cl2NO4/c1-7-19-15-21(29-14-11-22(25)26)16-20(8-2)23(19)30-13-10-9-12-28-17-18(3)27-31-24(4,5)6/h11,15-17,27H,7-10,12-14H2,1-6H3. The van der Waals surface area contributed by atoms with Crippen LogP contribution in [0.4, 0.5) is 0 Å². The zero-order valence-electron chi connectivity index (χ0n) is 19.6. The first-order chi connectivity index (χ1) is 14.7. The maximum Gasteiger partial charge on any atom is 0.125 e. The Hall–Kier alpha value is -1.56. The van der Waals surface area contributed by atoms with Gasteiger partial charge in [0.25, 0.3) is 0 Å². The molecule has 0 aliphatic rings. The van der Waals surface area contributed by atoms with Crippen molar-refractivity contribution in [3.63, 3.8) is 0 Å². The van der Waals surface area contributed by atoms with Gasteiger partial charge in [-0.1, -0.05) is 37.0 Å². The SMILES string of the molecule is CCc1cc(OCC=C(Cl)Cl)cc(CC)c1OCCCCOC=C(C)NOC(C)(C)C. The molecule has 0 unspecified atom stereocenters. The molecule has 0 bridgehead atoms. The van der Waals surface area contributed by atoms with Crippen molar-refractivity contribution < 1.29 is 19.0 Å². The highest BCUT2D eigenvalue weighted by atomic mass is 35.5. The van der Waals surface area contributed by atoms with Crippen molar-refractivity contribution in [2.75, 3.05) is 19.8 Å². The Morgan fingerprint density at radius 1 is 1.00 bits per heavy atom. The average molecular weight is 474 g/mol. The molecular formula is C24H37Cl2NO4. The van der Waals surface area contributed by atoms with Crippen LogP contribution in [0.1, 0.15) is 65.5 Å². The van der Waals surface area contributed by atoms with E-state index in [1.165, 1.54) is 0 Å². The Balaban J connectivity index is 2.48. The van der Waals surface area contributed by atoms with Gasteiger partial charge in [-0.3, -0.25) is 10.3 Å². The number of hydrogen-bond donors (Lipinski definition) is 1. The van der Waals surface area contributed by atoms with Gasteiger partial charge in [0.2, 0.25) is 0 Å². The molecule has 0 atom stereocenters. The Labute approximate surface area is 197 Å². The van der Waals surface area contributed by atoms with E-state index in [0.717, 1.165) is 54.0 Å². The second-order valence-electron chi connectivity index (χ2n) is 8.13. The molecular weight excluding hydrogens is 437 g/mol. The fourth-order valence-electron chi connectivity index (χ4n) is 2.62. The van der Waals surface area contributed by atoms with Crippen molar-refractivity contribution in [3.8, 4) is 11.5 Å². The average Bonchev–Trinajstić information content (AvgIpc) is 2.70. The van der Waals surface area contributed by atoms with Gasteiger partial charge in [0.1, 0.15) is 28.9 Å². The van der Waals surface area contributed by atoms with E-state index in [0.29, 0.717) is 19.8 Å². The molecule has 1 N–H and O–H groups in total. The normalized spacial score (nSPS) is 11.8. The van der Waals surface area contributed by atoms with Crippen molar-refractivity contribution in [1.29, 1.82) is 0 Å². The molecule has 1 aromatic carbocycles. The summed E-state index contributed by atoms with van der Waals surface area (Å²) in [6.07, 6.45) is 6.84. The van der Waals surface area contributed by atoms with Crippen LogP contribution in [-0.4, -0.2) is 25.4 Å². The van der Waals surface area contributed by atoms with Gasteiger partial charge >= 0.3 is 0 Å². The van der Waals surface area contributed by atoms with Crippen LogP contribution in [0.5, 0.6) is 11.5 Å². The number of unbranched alkanes of at least 4 members (excludes halogenated alkanes) is 1. The summed E-state index contributed by atoms with van der Waals surface area (Å²) in [5, 5.41) is 0. The van der Waals surface area contributed by atoms with E-state index < -0.39 is 0 Å². The molecule has 7 heteroatoms. The van der Waals surface area contributed by atoms with E-state index in [1.54, 1.807) is 12.3 Å². The first kappa shape index (κ1) is 27.5. The van der Waals surface area contributed by atoms with E-state index in [9.17, 15) is 0 Å². The van der Waals surface area contributed by atoms with Crippen LogP contribution in [0.2, 0.25) is 0 Å². The van der Waals surface area contributed by atoms with Gasteiger partial charge < -0.3 is 14.2 Å². The summed E-state index contributed by atoms with van der Waals surface area (Å²) in [7, 11) is 0. The quantitative estimate of drug-likeness (QED) is 0.181. The number of hydrogen-bond acceptors (Lipinski definition) is 5. The summed E-state index contributed by atoms with van der Waals surface area (Å²) in [4.78, 5) is 5.48. The maximum absolute atomic E-state index is 6.14. The second kappa shape index (κ2) is 14.5. The molecule has 0 aliphatic carbocycles. The Kier molecular flexibility index (Phi) is 12.8. The van der Waals surface area contributed by atoms with Crippen molar-refractivity contribution in [1.82, 2.24) is 5.48 Å². The fourth-order valence-corrected chi connectivity index (χ4v) is 2.75. The first-order valence-corrected chi connectivity index (χ1v) is 11.6. The first-order valence-electron chi connectivity index (χ1n) is 10.8. The third-order valence-electron chi connectivity index (χ3n) is 4.15. The minimum Gasteiger partial charge on any atom is -0.499 e. The Morgan fingerprint density at radius 3 is 2.16 bits per heavy atom. The molecule has 0 aliphatic heterocycles. The smallest absolute Gasteiger partial charge is 0.125 e. The van der Waals surface area contributed by atoms with Crippen LogP contribution < -0.4 is 15.0 Å². The molecule has 5 nitrogen and oxygen atoms in total. The van der Waals surface area contributed by atoms with E-state index in [1.807, 2.05) is 39.8 Å². The lowest BCUT2D eigenvalue weighted by molar-refractivity contribution is -0.0589. The minimum atomic E-state index is -0.250. The van der Waals surface area contributed by atoms with Crippen molar-refractivity contribution in [2.24, 2.45) is 0 Å². The summed E-state index contributed by atoms with van der Waals surface area (Å²) in [6, 6.07) is 4.04. The molecule has 0 aromatic heterocycles. The van der Waals surface area contributed by atoms with Gasteiger partial charge in [0.05, 0.1) is 24.5 Å². The van der Waals surface area contributed by atoms with Crippen molar-refractivity contribution in [3.05, 3.63) is 45.8 Å². The molecule has 176 valence electrons. The summed E-state index contributed by atoms with van der Waals surface area (Å²) in [5.74, 6) is 1.76. The lowest BCUT2D eigenvalue weighted by Gasteiger charge is -2.20. The summed E-state index contributed by atoms with van der Waals surface area (Å²) in [5.41, 5.74) is 5.73. The Bertz CT molecular complexity index is 698. The largest absolute Gasteiger partial charge is 0.499 e. The van der Waals surface area contributed by atoms with Crippen LogP contribution in [0, 0.1) is 0 Å². The molecule has 0 saturated carbocycles. The second-order valence-corrected chi connectivity index (χ2v) is 9.13. The molecule has 0 saturated heterocycles. The highest BCUT2D eigenvalue weighted by Crippen LogP contribution is 2.31. The lowest BCUT2D eigenvalue weighted by Crippen LogP contribution is -2.28. The Morgan fingerprint density at radius 2 is 1.61 bits per heavy atom. The van der Waals surface area contributed by atoms with Crippen LogP contribution in [0.3, 0.4) is 0 Å². The lowest BCUT2D eigenvalue weighted by atomic mass is 10.0. The molecule has 1 aromatic rings. The summed E-state index contributed by atoms with van der Waals surface area (Å²) in [6.45, 7) is 13.7. The van der Waals surface area contributed by atoms with Crippen LogP contribution in [-0.2, 0) is 22.4 Å². The third-order valence-corrected chi connectivity index (χ3v) is 4.46. The zero-order valence-corrected chi connectivity index (χ0v) is 21.2. The number of rotatable bonds is 14. The number of benzene rings is 1. The number of nitrogens with one attached hydrogen (secondary N) is 1. The zero-order chi connectivity index (χ0) is 23.3. The number of aryl methyl sites for hydroxylation is 2. The van der Waals surface area contributed by atoms with Crippen molar-refractivity contribution in [2.45, 2.75) is 72.8 Å². The third kappa shape index (κ3) is 12.2. The molecule has 31 heavy (non-hydrogen) atoms. The molecule has 0 spiro atoms. The minimum absolute atomic E-state index is 0.204. The fraction of sp³-hybridized carbons (Fsp3) is 0.583. The topological polar surface area (TPSA) is 49.0 Å². The predicted molar refractivity (Wildman–Crippen MR) is 129 cm³/mol. The number of hydroxylamine groups is 1. The van der Waals surface area contributed by atoms with Gasteiger partial charge in [-0.15, -0.1) is 0 Å². The van der Waals surface area contributed by atoms with E-state index in [2.05, 4.69) is 19.3 Å². The van der Waals surface area contributed by atoms with Gasteiger partial charge in [0.15, 0.2) is 0 Å². The predicted octanol–water partition coefficient (Wildman–Crippen LogP) is 6.87. The summed E-state index contributed by atoms with van der Waals surface area (Å²) >= 11 is 11.3. The van der Waals surface area contributed by atoms with Crippen molar-refractivity contribution >= 4 is 23.2 Å². The van der Waals surface area contributed by atoms with Gasteiger partial charge in [-0.25, -0.2) is 0 Å². The summed E-state index contributed by atoms with van der Waals surface area (Å²) < 4.78 is 17.7. The number of ether oxygens (including phenoxy) is 3. The van der Waals surface area contributed by atoms with E-state index >= 15 is 0 Å². The highest BCUT2D eigenvalue weighted by Gasteiger charge is 2.12. The molecule has 1 rings (SSSR count). The number of allylic oxidation sites excluding steroid dienone is 1. The molecule has 0 heterocycles. The molecule has 0 fully saturated rings. The number of halogens is 2. The van der Waals surface area contributed by atoms with Crippen LogP contribution >= 0.6 is 23.2 Å². The van der Waals surface area contributed by atoms with Gasteiger partial charge in [-0.2, -0.15) is 0 Å². The van der Waals surface area contributed by atoms with E-state index in [-0.39, 0.29) is 10.1 Å². The van der Waals surface area contributed by atoms with Crippen LogP contribution in [0.25, 0.3) is 0 Å². The van der Waals surface area contributed by atoms with E-state index in [4.69, 9.17) is 42.3 Å². The highest BCUT2D eigenvalue weighted by molar-refractivity contribution is 6.55. The van der Waals surface area contributed by atoms with Gasteiger partial charge in [0, 0.05) is 0 Å². The molecule has 0 amide bonds. The van der Waals surface area contributed by atoms with Crippen LogP contribution in [0.15, 0.2) is 34.7 Å².